The number of ether oxygens (including phenoxy) is 1. The van der Waals surface area contributed by atoms with Crippen molar-refractivity contribution in [3.63, 3.8) is 0 Å². The minimum absolute atomic E-state index is 0.0953. The number of aryl methyl sites for hydroxylation is 3. The monoisotopic (exact) mass is 625 g/mol. The fourth-order valence-corrected chi connectivity index (χ4v) is 7.73. The number of carbonyl (C=O) groups excluding carboxylic acids is 2. The number of benzene rings is 1. The molecule has 11 heteroatoms. The van der Waals surface area contributed by atoms with Crippen molar-refractivity contribution < 1.29 is 22.7 Å². The van der Waals surface area contributed by atoms with Crippen LogP contribution in [0.4, 0.5) is 0 Å². The predicted molar refractivity (Wildman–Crippen MR) is 169 cm³/mol. The average molecular weight is 626 g/mol. The largest absolute Gasteiger partial charge is 0.493 e. The van der Waals surface area contributed by atoms with Crippen LogP contribution in [0.15, 0.2) is 30.3 Å². The van der Waals surface area contributed by atoms with Crippen LogP contribution in [0, 0.1) is 12.3 Å². The maximum absolute atomic E-state index is 13.5. The molecule has 240 valence electrons. The van der Waals surface area contributed by atoms with Gasteiger partial charge in [0.15, 0.2) is 0 Å². The lowest BCUT2D eigenvalue weighted by Gasteiger charge is -2.41. The van der Waals surface area contributed by atoms with Crippen molar-refractivity contribution in [2.75, 3.05) is 45.6 Å². The van der Waals surface area contributed by atoms with Gasteiger partial charge < -0.3 is 15.0 Å². The number of likely N-dealkylation sites (tertiary alicyclic amines) is 1. The molecule has 10 nitrogen and oxygen atoms in total. The number of nitrogens with one attached hydrogen (secondary N) is 1. The predicted octanol–water partition coefficient (Wildman–Crippen LogP) is 3.78. The Labute approximate surface area is 262 Å². The summed E-state index contributed by atoms with van der Waals surface area (Å²) >= 11 is 0. The average Bonchev–Trinajstić information content (AvgIpc) is 3.02. The lowest BCUT2D eigenvalue weighted by molar-refractivity contribution is -0.141. The normalized spacial score (nSPS) is 20.9. The third-order valence-corrected chi connectivity index (χ3v) is 10.9. The minimum atomic E-state index is -3.19. The molecule has 5 rings (SSSR count). The summed E-state index contributed by atoms with van der Waals surface area (Å²) in [6.07, 6.45) is 9.36. The Bertz CT molecular complexity index is 1420. The van der Waals surface area contributed by atoms with Crippen LogP contribution in [0.3, 0.4) is 0 Å². The molecule has 0 bridgehead atoms. The summed E-state index contributed by atoms with van der Waals surface area (Å²) in [4.78, 5) is 38.1. The highest BCUT2D eigenvalue weighted by Crippen LogP contribution is 2.38. The zero-order valence-electron chi connectivity index (χ0n) is 26.2. The van der Waals surface area contributed by atoms with Gasteiger partial charge in [-0.2, -0.15) is 0 Å². The highest BCUT2D eigenvalue weighted by Gasteiger charge is 2.41. The standard InChI is InChI=1S/C33H47N5O5S/c1-25-24-28(36-31(35-25)27-13-19-38(20-14-27)44(2,41)42)11-12-30(39)37-21-16-33(17-22-37)15-6-5-9-26-8-3-4-10-29(26)43-23-7-18-34-32(33)40/h3-4,8,10,24,27H,5-7,9,11-23H2,1-2H3,(H,34,40). The molecule has 0 unspecified atom stereocenters. The van der Waals surface area contributed by atoms with Crippen molar-refractivity contribution in [1.29, 1.82) is 0 Å². The number of para-hydroxylation sites is 1. The number of fused-ring (bicyclic) bond motifs is 1. The lowest BCUT2D eigenvalue weighted by Crippen LogP contribution is -2.50. The summed E-state index contributed by atoms with van der Waals surface area (Å²) in [5.41, 5.74) is 2.50. The molecule has 1 aromatic heterocycles. The van der Waals surface area contributed by atoms with Crippen molar-refractivity contribution in [2.24, 2.45) is 5.41 Å². The molecule has 4 heterocycles. The van der Waals surface area contributed by atoms with Crippen molar-refractivity contribution in [3.8, 4) is 5.75 Å². The van der Waals surface area contributed by atoms with Crippen LogP contribution in [-0.2, 0) is 32.5 Å². The van der Waals surface area contributed by atoms with Gasteiger partial charge in [0.05, 0.1) is 18.3 Å². The molecule has 1 N–H and O–H groups in total. The second kappa shape index (κ2) is 14.4. The third kappa shape index (κ3) is 8.15. The number of aromatic nitrogens is 2. The first-order valence-corrected chi connectivity index (χ1v) is 18.0. The molecule has 0 saturated carbocycles. The second-order valence-electron chi connectivity index (χ2n) is 12.7. The molecular weight excluding hydrogens is 578 g/mol. The van der Waals surface area contributed by atoms with Gasteiger partial charge in [-0.15, -0.1) is 0 Å². The van der Waals surface area contributed by atoms with E-state index in [1.165, 1.54) is 16.1 Å². The van der Waals surface area contributed by atoms with Crippen LogP contribution in [0.1, 0.15) is 86.5 Å². The van der Waals surface area contributed by atoms with Crippen LogP contribution in [-0.4, -0.2) is 85.0 Å². The quantitative estimate of drug-likeness (QED) is 0.537. The topological polar surface area (TPSA) is 122 Å². The zero-order valence-corrected chi connectivity index (χ0v) is 27.0. The van der Waals surface area contributed by atoms with Crippen molar-refractivity contribution in [2.45, 2.75) is 83.5 Å². The Morgan fingerprint density at radius 1 is 1.05 bits per heavy atom. The summed E-state index contributed by atoms with van der Waals surface area (Å²) in [5, 5.41) is 3.17. The number of rotatable bonds is 5. The van der Waals surface area contributed by atoms with Gasteiger partial charge in [0.1, 0.15) is 11.6 Å². The first kappa shape index (κ1) is 32.3. The molecule has 1 spiro atoms. The Morgan fingerprint density at radius 2 is 1.80 bits per heavy atom. The molecule has 2 fully saturated rings. The Morgan fingerprint density at radius 3 is 2.55 bits per heavy atom. The number of sulfonamides is 1. The van der Waals surface area contributed by atoms with E-state index in [1.54, 1.807) is 0 Å². The summed E-state index contributed by atoms with van der Waals surface area (Å²) < 4.78 is 31.3. The number of piperidine rings is 2. The number of hydrogen-bond donors (Lipinski definition) is 1. The molecule has 1 aromatic carbocycles. The number of hydrogen-bond acceptors (Lipinski definition) is 7. The van der Waals surface area contributed by atoms with E-state index < -0.39 is 15.4 Å². The third-order valence-electron chi connectivity index (χ3n) is 9.55. The van der Waals surface area contributed by atoms with Crippen LogP contribution in [0.5, 0.6) is 5.75 Å². The summed E-state index contributed by atoms with van der Waals surface area (Å²) in [6, 6.07) is 10.2. The van der Waals surface area contributed by atoms with Gasteiger partial charge in [0, 0.05) is 56.5 Å². The van der Waals surface area contributed by atoms with E-state index in [9.17, 15) is 18.0 Å². The molecule has 2 amide bonds. The van der Waals surface area contributed by atoms with Gasteiger partial charge in [-0.1, -0.05) is 24.6 Å². The Kier molecular flexibility index (Phi) is 10.6. The lowest BCUT2D eigenvalue weighted by atomic mass is 9.73. The highest BCUT2D eigenvalue weighted by atomic mass is 32.2. The van der Waals surface area contributed by atoms with Gasteiger partial charge in [-0.3, -0.25) is 9.59 Å². The zero-order chi connectivity index (χ0) is 31.2. The van der Waals surface area contributed by atoms with Crippen LogP contribution in [0.2, 0.25) is 0 Å². The van der Waals surface area contributed by atoms with Gasteiger partial charge in [-0.25, -0.2) is 22.7 Å². The van der Waals surface area contributed by atoms with Gasteiger partial charge in [0.25, 0.3) is 0 Å². The second-order valence-corrected chi connectivity index (χ2v) is 14.7. The Balaban J connectivity index is 1.14. The van der Waals surface area contributed by atoms with E-state index in [0.717, 1.165) is 55.1 Å². The van der Waals surface area contributed by atoms with E-state index in [-0.39, 0.29) is 17.7 Å². The van der Waals surface area contributed by atoms with Crippen LogP contribution >= 0.6 is 0 Å². The van der Waals surface area contributed by atoms with Gasteiger partial charge >= 0.3 is 0 Å². The fourth-order valence-electron chi connectivity index (χ4n) is 6.86. The number of carbonyl (C=O) groups is 2. The molecule has 0 atom stereocenters. The van der Waals surface area contributed by atoms with Gasteiger partial charge in [-0.05, 0) is 82.4 Å². The first-order chi connectivity index (χ1) is 21.1. The SMILES string of the molecule is Cc1cc(CCC(=O)N2CCC3(CCCCc4ccccc4OCCCNC3=O)CC2)nc(C2CCN(S(C)(=O)=O)CC2)n1. The number of amides is 2. The van der Waals surface area contributed by atoms with Crippen molar-refractivity contribution in [1.82, 2.24) is 24.5 Å². The van der Waals surface area contributed by atoms with Crippen molar-refractivity contribution >= 4 is 21.8 Å². The van der Waals surface area contributed by atoms with Crippen molar-refractivity contribution in [3.05, 3.63) is 53.1 Å². The Hall–Kier alpha value is -3.05. The molecule has 3 aliphatic heterocycles. The van der Waals surface area contributed by atoms with E-state index in [4.69, 9.17) is 9.72 Å². The van der Waals surface area contributed by atoms with E-state index in [1.807, 2.05) is 30.0 Å². The van der Waals surface area contributed by atoms with E-state index in [2.05, 4.69) is 22.4 Å². The molecule has 0 radical (unpaired) electrons. The maximum Gasteiger partial charge on any atom is 0.226 e. The molecule has 0 aliphatic carbocycles. The molecule has 2 saturated heterocycles. The van der Waals surface area contributed by atoms with Crippen LogP contribution < -0.4 is 10.1 Å². The molecule has 3 aliphatic rings. The minimum Gasteiger partial charge on any atom is -0.493 e. The van der Waals surface area contributed by atoms with E-state index >= 15 is 0 Å². The van der Waals surface area contributed by atoms with E-state index in [0.29, 0.717) is 77.9 Å². The highest BCUT2D eigenvalue weighted by molar-refractivity contribution is 7.88. The molecule has 2 aromatic rings. The fraction of sp³-hybridized carbons (Fsp3) is 0.636. The first-order valence-electron chi connectivity index (χ1n) is 16.2. The smallest absolute Gasteiger partial charge is 0.226 e. The summed E-state index contributed by atoms with van der Waals surface area (Å²) in [5.74, 6) is 2.03. The molecule has 44 heavy (non-hydrogen) atoms. The number of nitrogens with zero attached hydrogens (tertiary/aromatic N) is 4. The van der Waals surface area contributed by atoms with Crippen LogP contribution in [0.25, 0.3) is 0 Å². The maximum atomic E-state index is 13.5. The summed E-state index contributed by atoms with van der Waals surface area (Å²) in [7, 11) is -3.19. The molecular formula is C33H47N5O5S. The van der Waals surface area contributed by atoms with Gasteiger partial charge in [0.2, 0.25) is 21.8 Å². The summed E-state index contributed by atoms with van der Waals surface area (Å²) in [6.45, 7) is 5.23.